The number of hydrogen-bond acceptors (Lipinski definition) is 6. The summed E-state index contributed by atoms with van der Waals surface area (Å²) in [4.78, 5) is 17.0. The van der Waals surface area contributed by atoms with E-state index in [-0.39, 0.29) is 18.2 Å². The molecule has 148 valence electrons. The molecular weight excluding hydrogens is 368 g/mol. The van der Waals surface area contributed by atoms with Crippen LogP contribution in [-0.2, 0) is 4.74 Å². The van der Waals surface area contributed by atoms with Gasteiger partial charge < -0.3 is 19.3 Å². The molecule has 3 atom stereocenters. The molecule has 3 aliphatic rings. The summed E-state index contributed by atoms with van der Waals surface area (Å²) in [6.07, 6.45) is 4.64. The highest BCUT2D eigenvalue weighted by Crippen LogP contribution is 2.41. The van der Waals surface area contributed by atoms with E-state index in [9.17, 15) is 4.79 Å². The van der Waals surface area contributed by atoms with Crippen molar-refractivity contribution in [3.05, 3.63) is 11.2 Å². The first kappa shape index (κ1) is 18.6. The number of piperidine rings is 1. The van der Waals surface area contributed by atoms with Crippen LogP contribution >= 0.6 is 11.6 Å². The summed E-state index contributed by atoms with van der Waals surface area (Å²) >= 11 is 6.00. The third-order valence-electron chi connectivity index (χ3n) is 5.54. The zero-order valence-electron chi connectivity index (χ0n) is 16.2. The molecule has 1 aromatic heterocycles. The van der Waals surface area contributed by atoms with Crippen molar-refractivity contribution in [2.24, 2.45) is 0 Å². The minimum absolute atomic E-state index is 0.181. The van der Waals surface area contributed by atoms with E-state index in [1.54, 1.807) is 6.07 Å². The Bertz CT molecular complexity index is 709. The van der Waals surface area contributed by atoms with Gasteiger partial charge in [0.1, 0.15) is 5.60 Å². The van der Waals surface area contributed by atoms with Crippen LogP contribution in [0.4, 0.5) is 10.6 Å². The van der Waals surface area contributed by atoms with Gasteiger partial charge in [0.2, 0.25) is 0 Å². The minimum atomic E-state index is -0.469. The molecule has 4 heterocycles. The normalized spacial score (nSPS) is 27.6. The Kier molecular flexibility index (Phi) is 4.82. The van der Waals surface area contributed by atoms with Crippen molar-refractivity contribution in [2.75, 3.05) is 18.1 Å². The molecule has 0 saturated carbocycles. The third kappa shape index (κ3) is 3.79. The molecular formula is C19H27ClN4O3. The standard InChI is InChI=1S/C19H27ClN4O3/c1-19(2,3)27-18(25)24-12-5-6-13(24)10-14(9-12)23-7-4-8-26-15-11-16(20)21-22-17(15)23/h11-14H,4-10H2,1-3H3/t12-,13+,14-. The second-order valence-corrected chi connectivity index (χ2v) is 9.04. The maximum absolute atomic E-state index is 12.7. The van der Waals surface area contributed by atoms with E-state index in [0.29, 0.717) is 23.6 Å². The van der Waals surface area contributed by atoms with Crippen LogP contribution in [0, 0.1) is 0 Å². The molecule has 1 amide bonds. The third-order valence-corrected chi connectivity index (χ3v) is 5.72. The van der Waals surface area contributed by atoms with Gasteiger partial charge in [-0.2, -0.15) is 0 Å². The largest absolute Gasteiger partial charge is 0.489 e. The lowest BCUT2D eigenvalue weighted by molar-refractivity contribution is 0.00582. The number of carbonyl (C=O) groups is 1. The molecule has 0 spiro atoms. The molecule has 0 unspecified atom stereocenters. The van der Waals surface area contributed by atoms with E-state index in [1.165, 1.54) is 0 Å². The van der Waals surface area contributed by atoms with Crippen molar-refractivity contribution in [1.29, 1.82) is 0 Å². The van der Waals surface area contributed by atoms with E-state index in [2.05, 4.69) is 15.1 Å². The predicted molar refractivity (Wildman–Crippen MR) is 102 cm³/mol. The number of fused-ring (bicyclic) bond motifs is 3. The van der Waals surface area contributed by atoms with Crippen LogP contribution in [-0.4, -0.2) is 58.1 Å². The molecule has 2 fully saturated rings. The summed E-state index contributed by atoms with van der Waals surface area (Å²) in [5.74, 6) is 1.47. The van der Waals surface area contributed by atoms with E-state index < -0.39 is 5.60 Å². The maximum Gasteiger partial charge on any atom is 0.410 e. The topological polar surface area (TPSA) is 67.8 Å². The van der Waals surface area contributed by atoms with Crippen molar-refractivity contribution in [3.8, 4) is 5.75 Å². The van der Waals surface area contributed by atoms with Gasteiger partial charge >= 0.3 is 6.09 Å². The van der Waals surface area contributed by atoms with Crippen LogP contribution in [0.15, 0.2) is 6.07 Å². The van der Waals surface area contributed by atoms with Crippen molar-refractivity contribution in [1.82, 2.24) is 15.1 Å². The highest BCUT2D eigenvalue weighted by molar-refractivity contribution is 6.29. The van der Waals surface area contributed by atoms with Gasteiger partial charge in [0.15, 0.2) is 16.7 Å². The molecule has 0 aliphatic carbocycles. The molecule has 2 bridgehead atoms. The van der Waals surface area contributed by atoms with E-state index in [0.717, 1.165) is 44.5 Å². The number of nitrogens with zero attached hydrogens (tertiary/aromatic N) is 4. The number of rotatable bonds is 1. The van der Waals surface area contributed by atoms with Crippen LogP contribution in [0.2, 0.25) is 5.15 Å². The second kappa shape index (κ2) is 7.00. The second-order valence-electron chi connectivity index (χ2n) is 8.65. The van der Waals surface area contributed by atoms with Crippen LogP contribution in [0.25, 0.3) is 0 Å². The van der Waals surface area contributed by atoms with Crippen LogP contribution in [0.1, 0.15) is 52.9 Å². The molecule has 0 N–H and O–H groups in total. The summed E-state index contributed by atoms with van der Waals surface area (Å²) in [6.45, 7) is 7.27. The van der Waals surface area contributed by atoms with Crippen LogP contribution in [0.5, 0.6) is 5.75 Å². The quantitative estimate of drug-likeness (QED) is 0.724. The summed E-state index contributed by atoms with van der Waals surface area (Å²) < 4.78 is 11.5. The van der Waals surface area contributed by atoms with Crippen molar-refractivity contribution in [3.63, 3.8) is 0 Å². The first-order chi connectivity index (χ1) is 12.8. The number of ether oxygens (including phenoxy) is 2. The summed E-state index contributed by atoms with van der Waals surface area (Å²) in [5, 5.41) is 8.69. The predicted octanol–water partition coefficient (Wildman–Crippen LogP) is 3.65. The number of carbonyl (C=O) groups excluding carboxylic acids is 1. The molecule has 3 aliphatic heterocycles. The fraction of sp³-hybridized carbons (Fsp3) is 0.737. The monoisotopic (exact) mass is 394 g/mol. The molecule has 0 aromatic carbocycles. The van der Waals surface area contributed by atoms with Gasteiger partial charge in [-0.15, -0.1) is 10.2 Å². The minimum Gasteiger partial charge on any atom is -0.489 e. The van der Waals surface area contributed by atoms with Crippen molar-refractivity contribution < 1.29 is 14.3 Å². The number of halogens is 1. The van der Waals surface area contributed by atoms with Gasteiger partial charge in [0.05, 0.1) is 6.61 Å². The molecule has 0 radical (unpaired) electrons. The van der Waals surface area contributed by atoms with E-state index in [1.807, 2.05) is 25.7 Å². The molecule has 7 nitrogen and oxygen atoms in total. The Morgan fingerprint density at radius 2 is 1.93 bits per heavy atom. The Morgan fingerprint density at radius 3 is 2.59 bits per heavy atom. The number of aromatic nitrogens is 2. The zero-order valence-corrected chi connectivity index (χ0v) is 16.9. The van der Waals surface area contributed by atoms with Crippen molar-refractivity contribution in [2.45, 2.75) is 76.6 Å². The molecule has 8 heteroatoms. The van der Waals surface area contributed by atoms with Crippen LogP contribution in [0.3, 0.4) is 0 Å². The van der Waals surface area contributed by atoms with Gasteiger partial charge in [-0.05, 0) is 52.9 Å². The summed E-state index contributed by atoms with van der Waals surface area (Å²) in [5.41, 5.74) is -0.469. The van der Waals surface area contributed by atoms with Crippen LogP contribution < -0.4 is 9.64 Å². The number of hydrogen-bond donors (Lipinski definition) is 0. The zero-order chi connectivity index (χ0) is 19.2. The Morgan fingerprint density at radius 1 is 1.22 bits per heavy atom. The Hall–Kier alpha value is -1.76. The van der Waals surface area contributed by atoms with Gasteiger partial charge in [-0.25, -0.2) is 4.79 Å². The van der Waals surface area contributed by atoms with E-state index in [4.69, 9.17) is 21.1 Å². The SMILES string of the molecule is CC(C)(C)OC(=O)N1[C@@H]2CC[C@H]1C[C@H](N1CCCOc3cc(Cl)nnc31)C2. The first-order valence-corrected chi connectivity index (χ1v) is 10.1. The molecule has 1 aromatic rings. The lowest BCUT2D eigenvalue weighted by Crippen LogP contribution is -2.54. The number of amides is 1. The van der Waals surface area contributed by atoms with Gasteiger partial charge in [-0.3, -0.25) is 0 Å². The average Bonchev–Trinajstić information content (AvgIpc) is 2.75. The summed E-state index contributed by atoms with van der Waals surface area (Å²) in [6, 6.07) is 2.50. The lowest BCUT2D eigenvalue weighted by atomic mass is 9.96. The van der Waals surface area contributed by atoms with Crippen molar-refractivity contribution >= 4 is 23.5 Å². The van der Waals surface area contributed by atoms with Gasteiger partial charge in [-0.1, -0.05) is 11.6 Å². The van der Waals surface area contributed by atoms with Gasteiger partial charge in [0.25, 0.3) is 0 Å². The maximum atomic E-state index is 12.7. The molecule has 27 heavy (non-hydrogen) atoms. The summed E-state index contributed by atoms with van der Waals surface area (Å²) in [7, 11) is 0. The highest BCUT2D eigenvalue weighted by Gasteiger charge is 2.46. The smallest absolute Gasteiger partial charge is 0.410 e. The lowest BCUT2D eigenvalue weighted by Gasteiger charge is -2.43. The first-order valence-electron chi connectivity index (χ1n) is 9.76. The molecule has 2 saturated heterocycles. The molecule has 4 rings (SSSR count). The Labute approximate surface area is 165 Å². The Balaban J connectivity index is 1.53. The average molecular weight is 395 g/mol. The number of anilines is 1. The van der Waals surface area contributed by atoms with E-state index >= 15 is 0 Å². The fourth-order valence-electron chi connectivity index (χ4n) is 4.55. The fourth-order valence-corrected chi connectivity index (χ4v) is 4.68. The highest BCUT2D eigenvalue weighted by atomic mass is 35.5. The van der Waals surface area contributed by atoms with Gasteiger partial charge in [0, 0.05) is 30.7 Å².